The Morgan fingerprint density at radius 3 is 0.638 bits per heavy atom. The third-order valence-electron chi connectivity index (χ3n) is 21.2. The van der Waals surface area contributed by atoms with Crippen LogP contribution in [0.4, 0.5) is 0 Å². The number of phosphoric ester groups is 2. The van der Waals surface area contributed by atoms with E-state index in [4.69, 9.17) is 37.0 Å². The summed E-state index contributed by atoms with van der Waals surface area (Å²) in [6.07, 6.45) is 91.5. The van der Waals surface area contributed by atoms with Crippen LogP contribution in [0, 0.1) is 0 Å². The van der Waals surface area contributed by atoms with Crippen LogP contribution in [0.2, 0.25) is 0 Å². The number of phosphoric acid groups is 2. The van der Waals surface area contributed by atoms with Gasteiger partial charge in [0.2, 0.25) is 0 Å². The minimum Gasteiger partial charge on any atom is -0.756 e. The predicted molar refractivity (Wildman–Crippen MR) is 481 cm³/mol. The Morgan fingerprint density at radius 2 is 0.422 bits per heavy atom. The number of hydrogen-bond acceptors (Lipinski definition) is 17. The third-order valence-corrected chi connectivity index (χ3v) is 23.1. The maximum absolute atomic E-state index is 13.2. The van der Waals surface area contributed by atoms with Crippen LogP contribution in [-0.4, -0.2) is 86.9 Å². The van der Waals surface area contributed by atoms with Gasteiger partial charge in [0.05, 0.1) is 26.4 Å². The highest BCUT2D eigenvalue weighted by atomic mass is 31.2. The number of unbranched alkanes of at least 4 members (excludes halogenated alkanes) is 58. The van der Waals surface area contributed by atoms with E-state index in [-0.39, 0.29) is 38.0 Å². The number of aliphatic hydroxyl groups excluding tert-OH is 1. The van der Waals surface area contributed by atoms with Crippen molar-refractivity contribution in [2.24, 2.45) is 0 Å². The molecule has 0 aromatic carbocycles. The Kier molecular flexibility index (Phi) is 93.5. The Bertz CT molecular complexity index is 2340. The Balaban J connectivity index is -0.0000638. The minimum absolute atomic E-state index is 0. The molecule has 0 aromatic rings. The summed E-state index contributed by atoms with van der Waals surface area (Å²) in [5.74, 6) is -2.23. The zero-order chi connectivity index (χ0) is 83.1. The lowest BCUT2D eigenvalue weighted by Gasteiger charge is -2.28. The van der Waals surface area contributed by atoms with Crippen LogP contribution in [0.25, 0.3) is 0 Å². The molecule has 19 nitrogen and oxygen atoms in total. The predicted octanol–water partition coefficient (Wildman–Crippen LogP) is 28.6. The maximum atomic E-state index is 13.2. The van der Waals surface area contributed by atoms with Gasteiger partial charge in [-0.3, -0.25) is 28.3 Å². The van der Waals surface area contributed by atoms with E-state index >= 15 is 0 Å². The van der Waals surface area contributed by atoms with Gasteiger partial charge in [-0.25, -0.2) is 0 Å². The van der Waals surface area contributed by atoms with Gasteiger partial charge in [-0.1, -0.05) is 378 Å². The molecule has 0 saturated heterocycles. The monoisotopic (exact) mass is 1690 g/mol. The summed E-state index contributed by atoms with van der Waals surface area (Å²) >= 11 is 0. The van der Waals surface area contributed by atoms with E-state index in [1.54, 1.807) is 0 Å². The van der Waals surface area contributed by atoms with Gasteiger partial charge in [0.1, 0.15) is 19.3 Å². The van der Waals surface area contributed by atoms with Crippen molar-refractivity contribution in [1.29, 1.82) is 0 Å². The molecule has 0 aliphatic carbocycles. The van der Waals surface area contributed by atoms with Gasteiger partial charge in [-0.2, -0.15) is 0 Å². The van der Waals surface area contributed by atoms with Gasteiger partial charge in [-0.15, -0.1) is 0 Å². The van der Waals surface area contributed by atoms with E-state index in [9.17, 15) is 43.2 Å². The first-order chi connectivity index (χ1) is 55.7. The van der Waals surface area contributed by atoms with Gasteiger partial charge >= 0.3 is 23.9 Å². The van der Waals surface area contributed by atoms with E-state index in [1.807, 2.05) is 0 Å². The van der Waals surface area contributed by atoms with Gasteiger partial charge in [0.25, 0.3) is 15.6 Å². The van der Waals surface area contributed by atoms with Gasteiger partial charge in [0.15, 0.2) is 12.2 Å². The van der Waals surface area contributed by atoms with Gasteiger partial charge in [0, 0.05) is 25.7 Å². The zero-order valence-electron chi connectivity index (χ0n) is 76.0. The normalized spacial score (nSPS) is 13.6. The average molecular weight is 1690 g/mol. The number of quaternary nitrogens is 2. The van der Waals surface area contributed by atoms with E-state index in [0.29, 0.717) is 25.7 Å². The molecule has 0 radical (unpaired) electrons. The Labute approximate surface area is 712 Å². The fourth-order valence-electron chi connectivity index (χ4n) is 13.9. The van der Waals surface area contributed by atoms with Crippen molar-refractivity contribution in [2.75, 3.05) is 39.6 Å². The van der Waals surface area contributed by atoms with Crippen molar-refractivity contribution in [3.8, 4) is 0 Å². The smallest absolute Gasteiger partial charge is 0.306 e. The lowest BCUT2D eigenvalue weighted by molar-refractivity contribution is -0.233. The molecule has 116 heavy (non-hydrogen) atoms. The molecule has 0 spiro atoms. The second kappa shape index (κ2) is 92.7. The fourth-order valence-corrected chi connectivity index (χ4v) is 15.4. The lowest BCUT2D eigenvalue weighted by atomic mass is 10.0. The molecule has 9 N–H and O–H groups in total. The summed E-state index contributed by atoms with van der Waals surface area (Å²) in [4.78, 5) is 78.1. The maximum Gasteiger partial charge on any atom is 0.306 e. The molecular formula is C95H184N2O17P2. The first-order valence-corrected chi connectivity index (χ1v) is 50.8. The number of carbonyl (C=O) groups is 4. The van der Waals surface area contributed by atoms with E-state index in [2.05, 4.69) is 76.3 Å². The molecule has 0 rings (SSSR count). The summed E-state index contributed by atoms with van der Waals surface area (Å²) in [7, 11) is -10.5. The molecule has 0 amide bonds. The number of hydrogen-bond donors (Lipinski definition) is 3. The van der Waals surface area contributed by atoms with Crippen molar-refractivity contribution in [1.82, 2.24) is 12.3 Å². The van der Waals surface area contributed by atoms with Crippen LogP contribution in [0.3, 0.4) is 0 Å². The van der Waals surface area contributed by atoms with Crippen LogP contribution in [-0.2, 0) is 65.4 Å². The second-order valence-corrected chi connectivity index (χ2v) is 35.4. The molecule has 0 aliphatic heterocycles. The number of rotatable bonds is 92. The number of aliphatic hydroxyl groups is 1. The van der Waals surface area contributed by atoms with Crippen LogP contribution in [0.5, 0.6) is 0 Å². The topological polar surface area (TPSA) is 316 Å². The molecule has 3 unspecified atom stereocenters. The molecule has 686 valence electrons. The Morgan fingerprint density at radius 1 is 0.250 bits per heavy atom. The van der Waals surface area contributed by atoms with Crippen molar-refractivity contribution in [3.05, 3.63) is 48.6 Å². The van der Waals surface area contributed by atoms with Crippen molar-refractivity contribution < 1.29 is 80.2 Å². The summed E-state index contributed by atoms with van der Waals surface area (Å²) in [6, 6.07) is 0. The van der Waals surface area contributed by atoms with Crippen molar-refractivity contribution >= 4 is 39.5 Å². The number of ether oxygens (including phenoxy) is 4. The molecule has 0 heterocycles. The van der Waals surface area contributed by atoms with Crippen LogP contribution in [0.15, 0.2) is 48.6 Å². The standard InChI is InChI=1S/C95H178O17P2.2H3N/c1-5-9-13-17-21-25-29-32-35-38-41-44-47-50-53-56-60-63-67-71-75-79-92(97)105-85-90(111-94(99)81-77-73-69-65-59-28-24-20-16-12-8-4)87-109-113(101,102)107-83-89(96)84-108-114(103,104)110-88-91(112-95(100)82-78-74-70-66-62-58-55-52-49-46-43-40-37-34-31-27-23-19-15-11-7-3)86-106-93(98)80-76-72-68-64-61-57-54-51-48-45-42-39-36-33-30-26-22-18-14-10-6-2;;/h20,24,32-37,89-91,96H,5-19,21-23,25-31,38-88H2,1-4H3,(H,101,102)(H,103,104);2*1H3/b24-20-,35-32-,36-33-,37-34-;;/t89?,90-,91-;;/m1../s1. The molecule has 0 aliphatic rings. The van der Waals surface area contributed by atoms with Crippen LogP contribution >= 0.6 is 15.6 Å². The number of esters is 4. The summed E-state index contributed by atoms with van der Waals surface area (Å²) in [6.45, 7) is 4.56. The molecule has 0 bridgehead atoms. The lowest BCUT2D eigenvalue weighted by Crippen LogP contribution is -2.31. The molecule has 5 atom stereocenters. The van der Waals surface area contributed by atoms with Crippen LogP contribution < -0.4 is 22.1 Å². The summed E-state index contributed by atoms with van der Waals surface area (Å²) in [5.41, 5.74) is 0. The SMILES string of the molecule is CCCC/C=C\CCCCCCCC(=O)O[C@H](COC(=O)CCCCCCCCCCCCC/C=C\CCCCCCCC)COP(=O)([O-])OCC(O)COP(=O)([O-])OC[C@@H](COC(=O)CCCCCCCCCCCCC/C=C\CCCCCCCC)OC(=O)CCCCCCCCCCCCC/C=C\CCCCCCCC.[NH4+].[NH4+]. The molecule has 0 fully saturated rings. The minimum atomic E-state index is -5.24. The fraction of sp³-hybridized carbons (Fsp3) is 0.874. The zero-order valence-corrected chi connectivity index (χ0v) is 77.8. The third kappa shape index (κ3) is 91.7. The summed E-state index contributed by atoms with van der Waals surface area (Å²) < 4.78 is 68.2. The van der Waals surface area contributed by atoms with E-state index < -0.39 is 97.5 Å². The highest BCUT2D eigenvalue weighted by Gasteiger charge is 2.25. The average Bonchev–Trinajstić information content (AvgIpc) is 0.904. The van der Waals surface area contributed by atoms with Crippen LogP contribution in [0.1, 0.15) is 477 Å². The molecule has 0 saturated carbocycles. The highest BCUT2D eigenvalue weighted by Crippen LogP contribution is 2.41. The van der Waals surface area contributed by atoms with E-state index in [1.165, 1.54) is 283 Å². The van der Waals surface area contributed by atoms with Gasteiger partial charge in [-0.05, 0) is 122 Å². The van der Waals surface area contributed by atoms with Crippen molar-refractivity contribution in [2.45, 2.75) is 495 Å². The summed E-state index contributed by atoms with van der Waals surface area (Å²) in [5, 5.41) is 10.6. The quantitative estimate of drug-likeness (QED) is 0.0167. The Hall–Kier alpha value is -3.06. The number of allylic oxidation sites excluding steroid dienone is 8. The van der Waals surface area contributed by atoms with Crippen molar-refractivity contribution in [3.63, 3.8) is 0 Å². The largest absolute Gasteiger partial charge is 0.756 e. The molecule has 21 heteroatoms. The highest BCUT2D eigenvalue weighted by molar-refractivity contribution is 7.46. The first-order valence-electron chi connectivity index (χ1n) is 47.8. The van der Waals surface area contributed by atoms with Gasteiger partial charge < -0.3 is 64.2 Å². The first kappa shape index (κ1) is 117. The van der Waals surface area contributed by atoms with E-state index in [0.717, 1.165) is 116 Å². The molecule has 0 aromatic heterocycles. The molecular weight excluding hydrogens is 1500 g/mol. The number of carbonyl (C=O) groups excluding carboxylic acids is 4. The second-order valence-electron chi connectivity index (χ2n) is 32.6.